The Morgan fingerprint density at radius 2 is 1.88 bits per heavy atom. The number of piperazine rings is 1. The summed E-state index contributed by atoms with van der Waals surface area (Å²) in [4.78, 5) is 16.6. The molecule has 0 saturated carbocycles. The second kappa shape index (κ2) is 8.84. The summed E-state index contributed by atoms with van der Waals surface area (Å²) in [6.45, 7) is 4.13. The molecule has 1 fully saturated rings. The average Bonchev–Trinajstić information content (AvgIpc) is 2.63. The normalized spacial score (nSPS) is 15.1. The molecule has 0 atom stereocenters. The van der Waals surface area contributed by atoms with E-state index >= 15 is 0 Å². The van der Waals surface area contributed by atoms with Gasteiger partial charge in [-0.2, -0.15) is 0 Å². The summed E-state index contributed by atoms with van der Waals surface area (Å²) in [5.41, 5.74) is 0.488. The van der Waals surface area contributed by atoms with Crippen LogP contribution in [-0.4, -0.2) is 55.0 Å². The molecule has 2 aromatic rings. The minimum Gasteiger partial charge on any atom is -0.491 e. The van der Waals surface area contributed by atoms with Crippen molar-refractivity contribution in [3.8, 4) is 5.75 Å². The molecule has 4 nitrogen and oxygen atoms in total. The van der Waals surface area contributed by atoms with Crippen molar-refractivity contribution in [1.29, 1.82) is 0 Å². The maximum atomic E-state index is 13.2. The Balaban J connectivity index is 1.46. The van der Waals surface area contributed by atoms with Crippen LogP contribution in [0.2, 0.25) is 5.02 Å². The Labute approximate surface area is 165 Å². The fourth-order valence-electron chi connectivity index (χ4n) is 2.85. The molecule has 0 aliphatic carbocycles. The summed E-state index contributed by atoms with van der Waals surface area (Å²) >= 11 is 9.33. The highest BCUT2D eigenvalue weighted by Crippen LogP contribution is 2.23. The van der Waals surface area contributed by atoms with Gasteiger partial charge >= 0.3 is 0 Å². The van der Waals surface area contributed by atoms with E-state index in [1.807, 2.05) is 18.2 Å². The van der Waals surface area contributed by atoms with Gasteiger partial charge in [-0.05, 0) is 46.3 Å². The minimum atomic E-state index is -0.364. The van der Waals surface area contributed by atoms with Crippen molar-refractivity contribution in [3.63, 3.8) is 0 Å². The SMILES string of the molecule is O=C(c1ccc(F)cc1Br)N1CCN(CCOc2ccccc2Cl)CC1. The standard InChI is InChI=1S/C19H19BrClFN2O2/c20-16-13-14(22)5-6-15(16)19(25)24-9-7-23(8-10-24)11-12-26-18-4-2-1-3-17(18)21/h1-6,13H,7-12H2. The quantitative estimate of drug-likeness (QED) is 0.701. The maximum Gasteiger partial charge on any atom is 0.255 e. The second-order valence-corrected chi connectivity index (χ2v) is 7.30. The second-order valence-electron chi connectivity index (χ2n) is 6.04. The first kappa shape index (κ1) is 19.1. The van der Waals surface area contributed by atoms with Crippen LogP contribution in [0.5, 0.6) is 5.75 Å². The van der Waals surface area contributed by atoms with Crippen molar-refractivity contribution < 1.29 is 13.9 Å². The zero-order valence-electron chi connectivity index (χ0n) is 14.1. The third-order valence-electron chi connectivity index (χ3n) is 4.32. The number of carbonyl (C=O) groups excluding carboxylic acids is 1. The summed E-state index contributed by atoms with van der Waals surface area (Å²) < 4.78 is 19.4. The molecule has 0 unspecified atom stereocenters. The molecule has 1 aliphatic heterocycles. The summed E-state index contributed by atoms with van der Waals surface area (Å²) in [5.74, 6) is 0.241. The Bertz CT molecular complexity index is 782. The number of para-hydroxylation sites is 1. The van der Waals surface area contributed by atoms with Crippen LogP contribution in [-0.2, 0) is 0 Å². The van der Waals surface area contributed by atoms with Gasteiger partial charge < -0.3 is 9.64 Å². The van der Waals surface area contributed by atoms with E-state index in [2.05, 4.69) is 20.8 Å². The van der Waals surface area contributed by atoms with Gasteiger partial charge in [0.15, 0.2) is 0 Å². The number of carbonyl (C=O) groups is 1. The van der Waals surface area contributed by atoms with Gasteiger partial charge in [-0.15, -0.1) is 0 Å². The lowest BCUT2D eigenvalue weighted by Crippen LogP contribution is -2.49. The van der Waals surface area contributed by atoms with Crippen molar-refractivity contribution in [3.05, 3.63) is 63.3 Å². The van der Waals surface area contributed by atoms with Crippen LogP contribution < -0.4 is 4.74 Å². The fraction of sp³-hybridized carbons (Fsp3) is 0.316. The fourth-order valence-corrected chi connectivity index (χ4v) is 3.57. The molecule has 1 heterocycles. The predicted molar refractivity (Wildman–Crippen MR) is 103 cm³/mol. The number of benzene rings is 2. The molecule has 0 aromatic heterocycles. The zero-order valence-corrected chi connectivity index (χ0v) is 16.5. The van der Waals surface area contributed by atoms with Crippen LogP contribution in [0.3, 0.4) is 0 Å². The molecular weight excluding hydrogens is 423 g/mol. The molecule has 138 valence electrons. The first-order valence-corrected chi connectivity index (χ1v) is 9.55. The van der Waals surface area contributed by atoms with Gasteiger partial charge in [-0.1, -0.05) is 23.7 Å². The van der Waals surface area contributed by atoms with Crippen molar-refractivity contribution in [2.24, 2.45) is 0 Å². The predicted octanol–water partition coefficient (Wildman–Crippen LogP) is 4.08. The van der Waals surface area contributed by atoms with Gasteiger partial charge in [0.1, 0.15) is 18.2 Å². The van der Waals surface area contributed by atoms with E-state index in [9.17, 15) is 9.18 Å². The third-order valence-corrected chi connectivity index (χ3v) is 5.29. The van der Waals surface area contributed by atoms with Gasteiger partial charge in [0.25, 0.3) is 5.91 Å². The van der Waals surface area contributed by atoms with Crippen molar-refractivity contribution >= 4 is 33.4 Å². The van der Waals surface area contributed by atoms with Crippen molar-refractivity contribution in [2.75, 3.05) is 39.3 Å². The molecule has 0 spiro atoms. The Morgan fingerprint density at radius 3 is 2.58 bits per heavy atom. The first-order chi connectivity index (χ1) is 12.5. The lowest BCUT2D eigenvalue weighted by atomic mass is 10.1. The van der Waals surface area contributed by atoms with E-state index in [1.54, 1.807) is 11.0 Å². The monoisotopic (exact) mass is 440 g/mol. The number of rotatable bonds is 5. The lowest BCUT2D eigenvalue weighted by Gasteiger charge is -2.34. The Morgan fingerprint density at radius 1 is 1.15 bits per heavy atom. The summed E-state index contributed by atoms with van der Waals surface area (Å²) in [6, 6.07) is 11.5. The molecule has 26 heavy (non-hydrogen) atoms. The van der Waals surface area contributed by atoms with Crippen LogP contribution in [0.25, 0.3) is 0 Å². The van der Waals surface area contributed by atoms with Crippen LogP contribution in [0.15, 0.2) is 46.9 Å². The molecule has 1 saturated heterocycles. The van der Waals surface area contributed by atoms with E-state index in [4.69, 9.17) is 16.3 Å². The molecule has 0 N–H and O–H groups in total. The van der Waals surface area contributed by atoms with Crippen LogP contribution in [0.1, 0.15) is 10.4 Å². The molecule has 3 rings (SSSR count). The Hall–Kier alpha value is -1.63. The van der Waals surface area contributed by atoms with E-state index in [1.165, 1.54) is 18.2 Å². The van der Waals surface area contributed by atoms with Gasteiger partial charge in [-0.3, -0.25) is 9.69 Å². The molecule has 0 bridgehead atoms. The van der Waals surface area contributed by atoms with Crippen LogP contribution >= 0.6 is 27.5 Å². The maximum absolute atomic E-state index is 13.2. The molecule has 0 radical (unpaired) electrons. The third kappa shape index (κ3) is 4.75. The number of nitrogens with zero attached hydrogens (tertiary/aromatic N) is 2. The molecule has 1 amide bonds. The summed E-state index contributed by atoms with van der Waals surface area (Å²) in [7, 11) is 0. The number of ether oxygens (including phenoxy) is 1. The number of hydrogen-bond donors (Lipinski definition) is 0. The van der Waals surface area contributed by atoms with Gasteiger partial charge in [0, 0.05) is 37.2 Å². The number of hydrogen-bond acceptors (Lipinski definition) is 3. The largest absolute Gasteiger partial charge is 0.491 e. The topological polar surface area (TPSA) is 32.8 Å². The van der Waals surface area contributed by atoms with E-state index in [0.29, 0.717) is 40.5 Å². The van der Waals surface area contributed by atoms with Crippen LogP contribution in [0, 0.1) is 5.82 Å². The highest BCUT2D eigenvalue weighted by Gasteiger charge is 2.23. The minimum absolute atomic E-state index is 0.0798. The number of halogens is 3. The highest BCUT2D eigenvalue weighted by atomic mass is 79.9. The zero-order chi connectivity index (χ0) is 18.5. The first-order valence-electron chi connectivity index (χ1n) is 8.38. The average molecular weight is 442 g/mol. The molecule has 2 aromatic carbocycles. The van der Waals surface area contributed by atoms with Gasteiger partial charge in [-0.25, -0.2) is 4.39 Å². The van der Waals surface area contributed by atoms with Crippen LogP contribution in [0.4, 0.5) is 4.39 Å². The van der Waals surface area contributed by atoms with Crippen molar-refractivity contribution in [1.82, 2.24) is 9.80 Å². The van der Waals surface area contributed by atoms with E-state index in [-0.39, 0.29) is 11.7 Å². The Kier molecular flexibility index (Phi) is 6.51. The smallest absolute Gasteiger partial charge is 0.255 e. The molecular formula is C19H19BrClFN2O2. The van der Waals surface area contributed by atoms with Gasteiger partial charge in [0.2, 0.25) is 0 Å². The number of amides is 1. The van der Waals surface area contributed by atoms with E-state index in [0.717, 1.165) is 19.6 Å². The summed E-state index contributed by atoms with van der Waals surface area (Å²) in [6.07, 6.45) is 0. The highest BCUT2D eigenvalue weighted by molar-refractivity contribution is 9.10. The lowest BCUT2D eigenvalue weighted by molar-refractivity contribution is 0.0619. The van der Waals surface area contributed by atoms with Crippen molar-refractivity contribution in [2.45, 2.75) is 0 Å². The van der Waals surface area contributed by atoms with Gasteiger partial charge in [0.05, 0.1) is 10.6 Å². The van der Waals surface area contributed by atoms with E-state index < -0.39 is 0 Å². The summed E-state index contributed by atoms with van der Waals surface area (Å²) in [5, 5.41) is 0.604. The molecule has 1 aliphatic rings. The molecule has 7 heteroatoms.